The Bertz CT molecular complexity index is 134. The van der Waals surface area contributed by atoms with Crippen molar-refractivity contribution in [1.29, 1.82) is 0 Å². The molecule has 0 aromatic carbocycles. The maximum absolute atomic E-state index is 10.5. The molecule has 0 bridgehead atoms. The molecule has 0 amide bonds. The summed E-state index contributed by atoms with van der Waals surface area (Å²) in [6.07, 6.45) is -0.866. The van der Waals surface area contributed by atoms with Gasteiger partial charge in [0.25, 0.3) is 0 Å². The standard InChI is InChI=1S/C7H15NO3/c1-4(2)8-6(5(3)9)7(10)11/h4-6,8-9H,1-3H3,(H,10,11)/t5-,6-/m1/s1. The number of carboxylic acids is 1. The maximum Gasteiger partial charge on any atom is 0.323 e. The zero-order valence-corrected chi connectivity index (χ0v) is 7.03. The van der Waals surface area contributed by atoms with Crippen LogP contribution in [-0.2, 0) is 4.79 Å². The van der Waals surface area contributed by atoms with Crippen LogP contribution in [0.15, 0.2) is 0 Å². The van der Waals surface area contributed by atoms with Crippen molar-refractivity contribution in [3.8, 4) is 0 Å². The van der Waals surface area contributed by atoms with E-state index in [1.807, 2.05) is 13.8 Å². The van der Waals surface area contributed by atoms with Crippen LogP contribution >= 0.6 is 0 Å². The lowest BCUT2D eigenvalue weighted by Crippen LogP contribution is -2.47. The average molecular weight is 161 g/mol. The summed E-state index contributed by atoms with van der Waals surface area (Å²) in [5.74, 6) is -1.02. The smallest absolute Gasteiger partial charge is 0.323 e. The molecule has 2 atom stereocenters. The molecule has 0 aromatic rings. The number of carbonyl (C=O) groups is 1. The van der Waals surface area contributed by atoms with E-state index in [2.05, 4.69) is 5.32 Å². The van der Waals surface area contributed by atoms with E-state index in [-0.39, 0.29) is 6.04 Å². The lowest BCUT2D eigenvalue weighted by atomic mass is 10.1. The molecule has 0 saturated carbocycles. The second-order valence-corrected chi connectivity index (χ2v) is 2.88. The molecule has 0 heterocycles. The van der Waals surface area contributed by atoms with Crippen molar-refractivity contribution >= 4 is 5.97 Å². The van der Waals surface area contributed by atoms with E-state index in [0.717, 1.165) is 0 Å². The second-order valence-electron chi connectivity index (χ2n) is 2.88. The first-order chi connectivity index (χ1) is 4.95. The van der Waals surface area contributed by atoms with Crippen LogP contribution in [-0.4, -0.2) is 34.4 Å². The lowest BCUT2D eigenvalue weighted by Gasteiger charge is -2.19. The normalized spacial score (nSPS) is 16.5. The summed E-state index contributed by atoms with van der Waals surface area (Å²) >= 11 is 0. The summed E-state index contributed by atoms with van der Waals surface area (Å²) in [7, 11) is 0. The molecule has 0 saturated heterocycles. The van der Waals surface area contributed by atoms with Gasteiger partial charge in [0.15, 0.2) is 0 Å². The van der Waals surface area contributed by atoms with Gasteiger partial charge in [-0.15, -0.1) is 0 Å². The van der Waals surface area contributed by atoms with Gasteiger partial charge in [-0.2, -0.15) is 0 Å². The van der Waals surface area contributed by atoms with Crippen molar-refractivity contribution in [1.82, 2.24) is 5.32 Å². The largest absolute Gasteiger partial charge is 0.480 e. The van der Waals surface area contributed by atoms with Crippen LogP contribution in [0.1, 0.15) is 20.8 Å². The molecule has 0 rings (SSSR count). The molecular formula is C7H15NO3. The number of aliphatic hydroxyl groups is 1. The van der Waals surface area contributed by atoms with Crippen LogP contribution < -0.4 is 5.32 Å². The van der Waals surface area contributed by atoms with Crippen LogP contribution in [0.2, 0.25) is 0 Å². The van der Waals surface area contributed by atoms with Gasteiger partial charge in [-0.3, -0.25) is 4.79 Å². The average Bonchev–Trinajstić information content (AvgIpc) is 1.81. The highest BCUT2D eigenvalue weighted by molar-refractivity contribution is 5.74. The minimum Gasteiger partial charge on any atom is -0.480 e. The minimum absolute atomic E-state index is 0.0608. The summed E-state index contributed by atoms with van der Waals surface area (Å²) < 4.78 is 0. The quantitative estimate of drug-likeness (QED) is 0.535. The van der Waals surface area contributed by atoms with Crippen LogP contribution in [0.3, 0.4) is 0 Å². The first kappa shape index (κ1) is 10.4. The molecule has 0 aliphatic carbocycles. The van der Waals surface area contributed by atoms with Crippen molar-refractivity contribution in [3.63, 3.8) is 0 Å². The highest BCUT2D eigenvalue weighted by Crippen LogP contribution is 1.94. The monoisotopic (exact) mass is 161 g/mol. The Morgan fingerprint density at radius 2 is 1.82 bits per heavy atom. The third kappa shape index (κ3) is 3.95. The fraction of sp³-hybridized carbons (Fsp3) is 0.857. The summed E-state index contributed by atoms with van der Waals surface area (Å²) in [4.78, 5) is 10.5. The Kier molecular flexibility index (Phi) is 4.07. The molecule has 0 aliphatic heterocycles. The van der Waals surface area contributed by atoms with Crippen molar-refractivity contribution in [3.05, 3.63) is 0 Å². The van der Waals surface area contributed by atoms with Crippen molar-refractivity contribution < 1.29 is 15.0 Å². The molecular weight excluding hydrogens is 146 g/mol. The Hall–Kier alpha value is -0.610. The fourth-order valence-electron chi connectivity index (χ4n) is 0.776. The molecule has 3 N–H and O–H groups in total. The van der Waals surface area contributed by atoms with Gasteiger partial charge in [0.1, 0.15) is 6.04 Å². The Labute approximate surface area is 66.2 Å². The number of aliphatic carboxylic acids is 1. The van der Waals surface area contributed by atoms with Gasteiger partial charge in [0, 0.05) is 6.04 Å². The number of nitrogens with one attached hydrogen (secondary N) is 1. The number of rotatable bonds is 4. The van der Waals surface area contributed by atoms with Crippen molar-refractivity contribution in [2.24, 2.45) is 0 Å². The van der Waals surface area contributed by atoms with E-state index >= 15 is 0 Å². The molecule has 0 unspecified atom stereocenters. The molecule has 0 aliphatic rings. The molecule has 4 heteroatoms. The first-order valence-corrected chi connectivity index (χ1v) is 3.62. The minimum atomic E-state index is -1.02. The van der Waals surface area contributed by atoms with Gasteiger partial charge in [0.05, 0.1) is 6.10 Å². The van der Waals surface area contributed by atoms with E-state index in [9.17, 15) is 4.79 Å². The highest BCUT2D eigenvalue weighted by atomic mass is 16.4. The molecule has 11 heavy (non-hydrogen) atoms. The van der Waals surface area contributed by atoms with Crippen molar-refractivity contribution in [2.45, 2.75) is 39.0 Å². The van der Waals surface area contributed by atoms with Crippen LogP contribution in [0, 0.1) is 0 Å². The Morgan fingerprint density at radius 3 is 1.91 bits per heavy atom. The third-order valence-electron chi connectivity index (χ3n) is 1.26. The first-order valence-electron chi connectivity index (χ1n) is 3.62. The second kappa shape index (κ2) is 4.31. The van der Waals surface area contributed by atoms with Gasteiger partial charge in [-0.05, 0) is 6.92 Å². The van der Waals surface area contributed by atoms with E-state index in [1.54, 1.807) is 0 Å². The molecule has 4 nitrogen and oxygen atoms in total. The fourth-order valence-corrected chi connectivity index (χ4v) is 0.776. The van der Waals surface area contributed by atoms with Gasteiger partial charge in [-0.25, -0.2) is 0 Å². The summed E-state index contributed by atoms with van der Waals surface area (Å²) in [5, 5.41) is 20.3. The molecule has 0 radical (unpaired) electrons. The third-order valence-corrected chi connectivity index (χ3v) is 1.26. The maximum atomic E-state index is 10.5. The number of carboxylic acid groups (broad SMARTS) is 1. The Balaban J connectivity index is 4.01. The molecule has 66 valence electrons. The predicted molar refractivity (Wildman–Crippen MR) is 41.4 cm³/mol. The van der Waals surface area contributed by atoms with E-state index in [1.165, 1.54) is 6.92 Å². The number of hydrogen-bond acceptors (Lipinski definition) is 3. The summed E-state index contributed by atoms with van der Waals surface area (Å²) in [5.41, 5.74) is 0. The van der Waals surface area contributed by atoms with Crippen LogP contribution in [0.4, 0.5) is 0 Å². The zero-order chi connectivity index (χ0) is 9.02. The molecule has 0 fully saturated rings. The van der Waals surface area contributed by atoms with Gasteiger partial charge >= 0.3 is 5.97 Å². The van der Waals surface area contributed by atoms with Gasteiger partial charge < -0.3 is 15.5 Å². The van der Waals surface area contributed by atoms with E-state index in [0.29, 0.717) is 0 Å². The van der Waals surface area contributed by atoms with Crippen molar-refractivity contribution in [2.75, 3.05) is 0 Å². The topological polar surface area (TPSA) is 69.6 Å². The molecule has 0 spiro atoms. The predicted octanol–water partition coefficient (Wildman–Crippen LogP) is -0.182. The van der Waals surface area contributed by atoms with Gasteiger partial charge in [-0.1, -0.05) is 13.8 Å². The number of hydrogen-bond donors (Lipinski definition) is 3. The SMILES string of the molecule is CC(C)N[C@@H](C(=O)O)[C@@H](C)O. The highest BCUT2D eigenvalue weighted by Gasteiger charge is 2.22. The molecule has 0 aromatic heterocycles. The van der Waals surface area contributed by atoms with E-state index < -0.39 is 18.1 Å². The zero-order valence-electron chi connectivity index (χ0n) is 7.03. The van der Waals surface area contributed by atoms with Crippen LogP contribution in [0.25, 0.3) is 0 Å². The Morgan fingerprint density at radius 1 is 1.36 bits per heavy atom. The van der Waals surface area contributed by atoms with Gasteiger partial charge in [0.2, 0.25) is 0 Å². The lowest BCUT2D eigenvalue weighted by molar-refractivity contribution is -0.142. The summed E-state index contributed by atoms with van der Waals surface area (Å²) in [6, 6.07) is -0.805. The number of aliphatic hydroxyl groups excluding tert-OH is 1. The van der Waals surface area contributed by atoms with Crippen LogP contribution in [0.5, 0.6) is 0 Å². The summed E-state index contributed by atoms with van der Waals surface area (Å²) in [6.45, 7) is 5.12. The van der Waals surface area contributed by atoms with E-state index in [4.69, 9.17) is 10.2 Å².